The van der Waals surface area contributed by atoms with Crippen LogP contribution in [-0.4, -0.2) is 52.0 Å². The molecular formula is C14H19N5O4S2. The van der Waals surface area contributed by atoms with Crippen molar-refractivity contribution in [3.05, 3.63) is 40.6 Å². The molecule has 0 radical (unpaired) electrons. The average Bonchev–Trinajstić information content (AvgIpc) is 3.27. The summed E-state index contributed by atoms with van der Waals surface area (Å²) in [6.07, 6.45) is 5.45. The Morgan fingerprint density at radius 2 is 2.32 bits per heavy atom. The van der Waals surface area contributed by atoms with Gasteiger partial charge in [-0.25, -0.2) is 4.98 Å². The summed E-state index contributed by atoms with van der Waals surface area (Å²) in [6.45, 7) is 0.844. The Morgan fingerprint density at radius 1 is 1.40 bits per heavy atom. The number of aliphatic imine (C=N–C) groups is 1. The first kappa shape index (κ1) is 19.3. The van der Waals surface area contributed by atoms with Gasteiger partial charge >= 0.3 is 0 Å². The largest absolute Gasteiger partial charge is 0.440 e. The topological polar surface area (TPSA) is 120 Å². The Morgan fingerprint density at radius 3 is 3.04 bits per heavy atom. The number of nitrogens with zero attached hydrogens (tertiary/aromatic N) is 4. The maximum Gasteiger partial charge on any atom is 0.259 e. The highest BCUT2D eigenvalue weighted by Gasteiger charge is 2.07. The first-order chi connectivity index (χ1) is 12.2. The molecule has 2 aromatic rings. The van der Waals surface area contributed by atoms with E-state index in [1.165, 1.54) is 24.3 Å². The van der Waals surface area contributed by atoms with E-state index in [-0.39, 0.29) is 11.5 Å². The minimum Gasteiger partial charge on any atom is -0.440 e. The SMILES string of the molecule is O=[N+]([O-])CC(=NCCCSc1ncco1)NCCSCc1ccon1. The molecule has 0 unspecified atom stereocenters. The predicted molar refractivity (Wildman–Crippen MR) is 96.7 cm³/mol. The summed E-state index contributed by atoms with van der Waals surface area (Å²) in [5.41, 5.74) is 0.882. The number of nitro groups is 1. The highest BCUT2D eigenvalue weighted by atomic mass is 32.2. The fourth-order valence-electron chi connectivity index (χ4n) is 1.76. The molecule has 0 amide bonds. The molecule has 0 atom stereocenters. The van der Waals surface area contributed by atoms with E-state index in [2.05, 4.69) is 20.4 Å². The molecule has 0 saturated carbocycles. The van der Waals surface area contributed by atoms with Crippen molar-refractivity contribution in [2.45, 2.75) is 17.4 Å². The van der Waals surface area contributed by atoms with Crippen LogP contribution >= 0.6 is 23.5 Å². The highest BCUT2D eigenvalue weighted by Crippen LogP contribution is 2.15. The molecule has 0 aromatic carbocycles. The van der Waals surface area contributed by atoms with Crippen LogP contribution in [0.25, 0.3) is 0 Å². The Hall–Kier alpha value is -2.01. The van der Waals surface area contributed by atoms with Gasteiger partial charge in [-0.05, 0) is 6.42 Å². The average molecular weight is 385 g/mol. The maximum absolute atomic E-state index is 10.7. The fourth-order valence-corrected chi connectivity index (χ4v) is 3.22. The predicted octanol–water partition coefficient (Wildman–Crippen LogP) is 2.34. The van der Waals surface area contributed by atoms with Gasteiger partial charge in [0.05, 0.1) is 11.9 Å². The molecule has 0 fully saturated rings. The van der Waals surface area contributed by atoms with Crippen molar-refractivity contribution >= 4 is 29.4 Å². The summed E-state index contributed by atoms with van der Waals surface area (Å²) in [4.78, 5) is 18.7. The third-order valence-electron chi connectivity index (χ3n) is 2.84. The van der Waals surface area contributed by atoms with Gasteiger partial charge in [0.15, 0.2) is 5.84 Å². The number of nitrogens with one attached hydrogen (secondary N) is 1. The lowest BCUT2D eigenvalue weighted by Crippen LogP contribution is -2.32. The van der Waals surface area contributed by atoms with Crippen molar-refractivity contribution in [3.8, 4) is 0 Å². The van der Waals surface area contributed by atoms with Crippen LogP contribution in [0.15, 0.2) is 43.9 Å². The van der Waals surface area contributed by atoms with Gasteiger partial charge in [-0.15, -0.1) is 0 Å². The molecular weight excluding hydrogens is 366 g/mol. The fraction of sp³-hybridized carbons (Fsp3) is 0.500. The molecule has 0 aliphatic rings. The third kappa shape index (κ3) is 8.59. The monoisotopic (exact) mass is 385 g/mol. The third-order valence-corrected chi connectivity index (χ3v) is 4.77. The lowest BCUT2D eigenvalue weighted by molar-refractivity contribution is -0.463. The first-order valence-electron chi connectivity index (χ1n) is 7.62. The molecule has 2 rings (SSSR count). The molecule has 1 N–H and O–H groups in total. The summed E-state index contributed by atoms with van der Waals surface area (Å²) in [5.74, 6) is 2.75. The van der Waals surface area contributed by atoms with E-state index in [4.69, 9.17) is 8.94 Å². The van der Waals surface area contributed by atoms with Gasteiger partial charge in [-0.1, -0.05) is 16.9 Å². The Kier molecular flexibility index (Phi) is 8.91. The van der Waals surface area contributed by atoms with Crippen molar-refractivity contribution in [2.75, 3.05) is 31.1 Å². The smallest absolute Gasteiger partial charge is 0.259 e. The molecule has 2 heterocycles. The number of rotatable bonds is 12. The minimum absolute atomic E-state index is 0.291. The van der Waals surface area contributed by atoms with Crippen LogP contribution in [0.2, 0.25) is 0 Å². The molecule has 136 valence electrons. The molecule has 9 nitrogen and oxygen atoms in total. The number of thioether (sulfide) groups is 2. The van der Waals surface area contributed by atoms with Gasteiger partial charge in [0.25, 0.3) is 11.8 Å². The van der Waals surface area contributed by atoms with Crippen LogP contribution in [0, 0.1) is 10.1 Å². The van der Waals surface area contributed by atoms with Crippen molar-refractivity contribution in [3.63, 3.8) is 0 Å². The van der Waals surface area contributed by atoms with Crippen molar-refractivity contribution < 1.29 is 13.9 Å². The van der Waals surface area contributed by atoms with Crippen molar-refractivity contribution in [2.24, 2.45) is 4.99 Å². The molecule has 0 spiro atoms. The van der Waals surface area contributed by atoms with Crippen LogP contribution < -0.4 is 5.32 Å². The summed E-state index contributed by atoms with van der Waals surface area (Å²) in [5, 5.41) is 18.2. The van der Waals surface area contributed by atoms with Crippen LogP contribution in [0.3, 0.4) is 0 Å². The van der Waals surface area contributed by atoms with Crippen LogP contribution in [-0.2, 0) is 5.75 Å². The first-order valence-corrected chi connectivity index (χ1v) is 9.76. The summed E-state index contributed by atoms with van der Waals surface area (Å²) >= 11 is 3.17. The number of amidine groups is 1. The van der Waals surface area contributed by atoms with Crippen molar-refractivity contribution in [1.82, 2.24) is 15.5 Å². The van der Waals surface area contributed by atoms with E-state index in [1.54, 1.807) is 18.0 Å². The molecule has 2 aromatic heterocycles. The van der Waals surface area contributed by atoms with Crippen LogP contribution in [0.4, 0.5) is 0 Å². The highest BCUT2D eigenvalue weighted by molar-refractivity contribution is 7.99. The summed E-state index contributed by atoms with van der Waals surface area (Å²) in [6, 6.07) is 1.82. The van der Waals surface area contributed by atoms with E-state index >= 15 is 0 Å². The lowest BCUT2D eigenvalue weighted by atomic mass is 10.4. The molecule has 0 aliphatic carbocycles. The normalized spacial score (nSPS) is 11.6. The zero-order valence-electron chi connectivity index (χ0n) is 13.5. The Labute approximate surface area is 153 Å². The molecule has 0 aliphatic heterocycles. The zero-order valence-corrected chi connectivity index (χ0v) is 15.1. The minimum atomic E-state index is -0.379. The molecule has 0 bridgehead atoms. The maximum atomic E-state index is 10.7. The van der Waals surface area contributed by atoms with Gasteiger partial charge in [0.1, 0.15) is 12.5 Å². The van der Waals surface area contributed by atoms with Crippen LogP contribution in [0.5, 0.6) is 0 Å². The van der Waals surface area contributed by atoms with Gasteiger partial charge < -0.3 is 14.3 Å². The second-order valence-corrected chi connectivity index (χ2v) is 6.94. The van der Waals surface area contributed by atoms with Crippen LogP contribution in [0.1, 0.15) is 12.1 Å². The zero-order chi connectivity index (χ0) is 17.7. The molecule has 11 heteroatoms. The van der Waals surface area contributed by atoms with Gasteiger partial charge in [-0.3, -0.25) is 15.1 Å². The standard InChI is InChI=1S/C14H19N5O4S2/c20-19(21)10-13(15-3-1-8-25-14-17-4-7-22-14)16-5-9-24-11-12-2-6-23-18-12/h2,4,6-7H,1,3,5,8-11H2,(H,15,16). The van der Waals surface area contributed by atoms with Gasteiger partial charge in [0, 0.05) is 41.3 Å². The van der Waals surface area contributed by atoms with E-state index in [1.807, 2.05) is 6.07 Å². The second-order valence-electron chi connectivity index (χ2n) is 4.79. The molecule has 0 saturated heterocycles. The number of hydrogen-bond acceptors (Lipinski definition) is 9. The van der Waals surface area contributed by atoms with Gasteiger partial charge in [-0.2, -0.15) is 11.8 Å². The summed E-state index contributed by atoms with van der Waals surface area (Å²) < 4.78 is 9.88. The van der Waals surface area contributed by atoms with E-state index in [9.17, 15) is 10.1 Å². The van der Waals surface area contributed by atoms with Gasteiger partial charge in [0.2, 0.25) is 0 Å². The van der Waals surface area contributed by atoms with E-state index in [0.717, 1.165) is 29.4 Å². The Bertz CT molecular complexity index is 634. The second kappa shape index (κ2) is 11.5. The summed E-state index contributed by atoms with van der Waals surface area (Å²) in [7, 11) is 0. The van der Waals surface area contributed by atoms with Crippen molar-refractivity contribution in [1.29, 1.82) is 0 Å². The van der Waals surface area contributed by atoms with E-state index in [0.29, 0.717) is 24.1 Å². The number of oxazole rings is 1. The molecule has 25 heavy (non-hydrogen) atoms. The Balaban J connectivity index is 1.61. The number of aromatic nitrogens is 2. The quantitative estimate of drug-likeness (QED) is 0.147. The van der Waals surface area contributed by atoms with E-state index < -0.39 is 0 Å². The lowest BCUT2D eigenvalue weighted by Gasteiger charge is -2.06. The number of hydrogen-bond donors (Lipinski definition) is 1.